The standard InChI is InChI=1S/C7H10ClF2N3O2S/c1-13(4-6(9)10)16(14,15)7-5(2-8)3-11-12-7/h3,6H,2,4H2,1H3,(H,11,12). The topological polar surface area (TPSA) is 66.1 Å². The molecule has 1 aromatic rings. The van der Waals surface area contributed by atoms with Crippen molar-refractivity contribution in [2.75, 3.05) is 13.6 Å². The Morgan fingerprint density at radius 1 is 1.62 bits per heavy atom. The summed E-state index contributed by atoms with van der Waals surface area (Å²) in [7, 11) is -2.91. The molecule has 0 aliphatic heterocycles. The van der Waals surface area contributed by atoms with Crippen LogP contribution in [0.3, 0.4) is 0 Å². The van der Waals surface area contributed by atoms with Crippen LogP contribution >= 0.6 is 11.6 Å². The molecule has 5 nitrogen and oxygen atoms in total. The van der Waals surface area contributed by atoms with Gasteiger partial charge in [0, 0.05) is 12.6 Å². The summed E-state index contributed by atoms with van der Waals surface area (Å²) in [6.45, 7) is -0.872. The van der Waals surface area contributed by atoms with Crippen molar-refractivity contribution in [1.82, 2.24) is 14.5 Å². The molecule has 0 amide bonds. The van der Waals surface area contributed by atoms with E-state index in [4.69, 9.17) is 11.6 Å². The van der Waals surface area contributed by atoms with Gasteiger partial charge in [0.25, 0.3) is 16.4 Å². The predicted octanol–water partition coefficient (Wildman–Crippen LogP) is 1.03. The third-order valence-electron chi connectivity index (χ3n) is 1.89. The summed E-state index contributed by atoms with van der Waals surface area (Å²) < 4.78 is 48.3. The van der Waals surface area contributed by atoms with Crippen LogP contribution in [0.25, 0.3) is 0 Å². The first-order valence-corrected chi connectivity index (χ1v) is 6.19. The summed E-state index contributed by atoms with van der Waals surface area (Å²) in [5.41, 5.74) is 0.253. The molecule has 0 saturated carbocycles. The number of hydrogen-bond acceptors (Lipinski definition) is 3. The SMILES string of the molecule is CN(CC(F)F)S(=O)(=O)c1[nH]ncc1CCl. The summed E-state index contributed by atoms with van der Waals surface area (Å²) in [4.78, 5) is 0. The summed E-state index contributed by atoms with van der Waals surface area (Å²) in [6, 6.07) is 0. The van der Waals surface area contributed by atoms with Gasteiger partial charge in [-0.2, -0.15) is 9.40 Å². The van der Waals surface area contributed by atoms with Crippen molar-refractivity contribution in [3.8, 4) is 0 Å². The van der Waals surface area contributed by atoms with Gasteiger partial charge in [-0.05, 0) is 0 Å². The van der Waals surface area contributed by atoms with E-state index in [2.05, 4.69) is 10.2 Å². The van der Waals surface area contributed by atoms with Crippen molar-refractivity contribution in [3.63, 3.8) is 0 Å². The molecule has 9 heteroatoms. The van der Waals surface area contributed by atoms with Crippen molar-refractivity contribution in [2.45, 2.75) is 17.3 Å². The maximum Gasteiger partial charge on any atom is 0.260 e. The van der Waals surface area contributed by atoms with Crippen molar-refractivity contribution >= 4 is 21.6 Å². The number of sulfonamides is 1. The molecule has 0 unspecified atom stereocenters. The van der Waals surface area contributed by atoms with E-state index in [0.717, 1.165) is 7.05 Å². The Balaban J connectivity index is 3.02. The maximum atomic E-state index is 12.1. The van der Waals surface area contributed by atoms with Gasteiger partial charge in [-0.1, -0.05) is 0 Å². The average Bonchev–Trinajstić information content (AvgIpc) is 2.64. The zero-order chi connectivity index (χ0) is 12.3. The van der Waals surface area contributed by atoms with Crippen molar-refractivity contribution < 1.29 is 17.2 Å². The van der Waals surface area contributed by atoms with Gasteiger partial charge in [0.05, 0.1) is 18.6 Å². The van der Waals surface area contributed by atoms with Crippen LogP contribution < -0.4 is 0 Å². The van der Waals surface area contributed by atoms with E-state index in [-0.39, 0.29) is 16.5 Å². The van der Waals surface area contributed by atoms with Gasteiger partial charge in [-0.3, -0.25) is 5.10 Å². The average molecular weight is 274 g/mol. The van der Waals surface area contributed by atoms with Crippen LogP contribution in [-0.4, -0.2) is 42.9 Å². The molecule has 1 aromatic heterocycles. The Hall–Kier alpha value is -0.730. The van der Waals surface area contributed by atoms with E-state index in [1.165, 1.54) is 6.20 Å². The third-order valence-corrected chi connectivity index (χ3v) is 4.01. The Morgan fingerprint density at radius 3 is 2.75 bits per heavy atom. The Morgan fingerprint density at radius 2 is 2.25 bits per heavy atom. The Bertz CT molecular complexity index is 448. The van der Waals surface area contributed by atoms with E-state index in [1.54, 1.807) is 0 Å². The molecule has 1 heterocycles. The molecule has 0 saturated heterocycles. The van der Waals surface area contributed by atoms with Gasteiger partial charge in [0.15, 0.2) is 5.03 Å². The molecule has 92 valence electrons. The molecular weight excluding hydrogens is 264 g/mol. The molecule has 0 aliphatic carbocycles. The fourth-order valence-corrected chi connectivity index (χ4v) is 2.59. The highest BCUT2D eigenvalue weighted by Gasteiger charge is 2.27. The first-order valence-electron chi connectivity index (χ1n) is 4.22. The number of aromatic amines is 1. The number of H-pyrrole nitrogens is 1. The van der Waals surface area contributed by atoms with Crippen molar-refractivity contribution in [1.29, 1.82) is 0 Å². The first kappa shape index (κ1) is 13.3. The summed E-state index contributed by atoms with van der Waals surface area (Å²) >= 11 is 5.50. The van der Waals surface area contributed by atoms with Crippen LogP contribution in [0.15, 0.2) is 11.2 Å². The van der Waals surface area contributed by atoms with Gasteiger partial charge in [0.2, 0.25) is 0 Å². The second kappa shape index (κ2) is 5.07. The zero-order valence-corrected chi connectivity index (χ0v) is 9.89. The van der Waals surface area contributed by atoms with Gasteiger partial charge < -0.3 is 0 Å². The predicted molar refractivity (Wildman–Crippen MR) is 54.0 cm³/mol. The van der Waals surface area contributed by atoms with E-state index in [9.17, 15) is 17.2 Å². The lowest BCUT2D eigenvalue weighted by atomic mass is 10.4. The van der Waals surface area contributed by atoms with E-state index in [1.807, 2.05) is 0 Å². The van der Waals surface area contributed by atoms with Gasteiger partial charge >= 0.3 is 0 Å². The van der Waals surface area contributed by atoms with E-state index >= 15 is 0 Å². The monoisotopic (exact) mass is 273 g/mol. The fraction of sp³-hybridized carbons (Fsp3) is 0.571. The first-order chi connectivity index (χ1) is 7.39. The summed E-state index contributed by atoms with van der Waals surface area (Å²) in [6.07, 6.45) is -1.49. The quantitative estimate of drug-likeness (QED) is 0.815. The Labute approximate surface area is 96.4 Å². The van der Waals surface area contributed by atoms with Crippen LogP contribution in [0.2, 0.25) is 0 Å². The molecule has 16 heavy (non-hydrogen) atoms. The number of hydrogen-bond donors (Lipinski definition) is 1. The summed E-state index contributed by atoms with van der Waals surface area (Å²) in [5.74, 6) is -0.0619. The minimum Gasteiger partial charge on any atom is -0.266 e. The molecule has 0 aliphatic rings. The lowest BCUT2D eigenvalue weighted by Crippen LogP contribution is -2.32. The summed E-state index contributed by atoms with van der Waals surface area (Å²) in [5, 5.41) is 5.52. The highest BCUT2D eigenvalue weighted by atomic mass is 35.5. The van der Waals surface area contributed by atoms with Crippen LogP contribution in [0.5, 0.6) is 0 Å². The van der Waals surface area contributed by atoms with Gasteiger partial charge in [-0.25, -0.2) is 17.2 Å². The minimum absolute atomic E-state index is 0.0619. The molecular formula is C7H10ClF2N3O2S. The van der Waals surface area contributed by atoms with E-state index in [0.29, 0.717) is 4.31 Å². The number of alkyl halides is 3. The number of aromatic nitrogens is 2. The smallest absolute Gasteiger partial charge is 0.260 e. The number of halogens is 3. The zero-order valence-electron chi connectivity index (χ0n) is 8.32. The number of nitrogens with zero attached hydrogens (tertiary/aromatic N) is 2. The lowest BCUT2D eigenvalue weighted by Gasteiger charge is -2.15. The van der Waals surface area contributed by atoms with Gasteiger partial charge in [0.1, 0.15) is 0 Å². The maximum absolute atomic E-state index is 12.1. The molecule has 1 rings (SSSR count). The second-order valence-corrected chi connectivity index (χ2v) is 5.28. The number of nitrogens with one attached hydrogen (secondary N) is 1. The third kappa shape index (κ3) is 2.69. The van der Waals surface area contributed by atoms with E-state index < -0.39 is 23.0 Å². The van der Waals surface area contributed by atoms with Crippen molar-refractivity contribution in [2.24, 2.45) is 0 Å². The van der Waals surface area contributed by atoms with Crippen LogP contribution in [0, 0.1) is 0 Å². The molecule has 0 spiro atoms. The van der Waals surface area contributed by atoms with Crippen LogP contribution in [-0.2, 0) is 15.9 Å². The Kier molecular flexibility index (Phi) is 4.22. The molecule has 1 N–H and O–H groups in total. The lowest BCUT2D eigenvalue weighted by molar-refractivity contribution is 0.126. The number of rotatable bonds is 5. The molecule has 0 radical (unpaired) electrons. The van der Waals surface area contributed by atoms with Crippen molar-refractivity contribution in [3.05, 3.63) is 11.8 Å². The molecule has 0 bridgehead atoms. The van der Waals surface area contributed by atoms with Gasteiger partial charge in [-0.15, -0.1) is 11.6 Å². The second-order valence-electron chi connectivity index (χ2n) is 3.03. The van der Waals surface area contributed by atoms with Crippen LogP contribution in [0.4, 0.5) is 8.78 Å². The highest BCUT2D eigenvalue weighted by Crippen LogP contribution is 2.18. The highest BCUT2D eigenvalue weighted by molar-refractivity contribution is 7.89. The molecule has 0 fully saturated rings. The molecule has 0 aromatic carbocycles. The fourth-order valence-electron chi connectivity index (χ4n) is 1.07. The minimum atomic E-state index is -3.98. The largest absolute Gasteiger partial charge is 0.266 e. The molecule has 0 atom stereocenters. The van der Waals surface area contributed by atoms with Crippen LogP contribution in [0.1, 0.15) is 5.56 Å². The normalized spacial score (nSPS) is 12.6.